The zero-order chi connectivity index (χ0) is 51.4. The van der Waals surface area contributed by atoms with Crippen molar-refractivity contribution >= 4 is 17.9 Å². The molecule has 0 fully saturated rings. The third kappa shape index (κ3) is 57.1. The van der Waals surface area contributed by atoms with Gasteiger partial charge in [-0.15, -0.1) is 0 Å². The van der Waals surface area contributed by atoms with Gasteiger partial charge in [-0.05, 0) is 122 Å². The van der Waals surface area contributed by atoms with Gasteiger partial charge in [0.05, 0.1) is 0 Å². The molecule has 0 rings (SSSR count). The molecule has 0 heterocycles. The average Bonchev–Trinajstić information content (AvgIpc) is 3.37. The van der Waals surface area contributed by atoms with Crippen LogP contribution in [0.4, 0.5) is 0 Å². The summed E-state index contributed by atoms with van der Waals surface area (Å²) in [5.41, 5.74) is 0. The SMILES string of the molecule is CC/C=C\C/C=C\C/C=C\CCCCCCCC(=O)OCC(COC(=O)CCCCCCCC/C=C\C/C=C\C/C=C\CCCCC)OC(=O)CCCCCCCCCCC/C=C\C/C=C\CCCCC. The second kappa shape index (κ2) is 58.9. The maximum absolute atomic E-state index is 12.9. The second-order valence-corrected chi connectivity index (χ2v) is 19.5. The monoisotopic (exact) mass is 987 g/mol. The molecule has 6 nitrogen and oxygen atoms in total. The first-order chi connectivity index (χ1) is 35.0. The Bertz CT molecular complexity index is 1410. The summed E-state index contributed by atoms with van der Waals surface area (Å²) >= 11 is 0. The van der Waals surface area contributed by atoms with Crippen molar-refractivity contribution in [3.63, 3.8) is 0 Å². The molecule has 0 aromatic rings. The van der Waals surface area contributed by atoms with Crippen molar-refractivity contribution in [3.8, 4) is 0 Å². The van der Waals surface area contributed by atoms with E-state index < -0.39 is 6.10 Å². The summed E-state index contributed by atoms with van der Waals surface area (Å²) in [6, 6.07) is 0. The fourth-order valence-corrected chi connectivity index (χ4v) is 8.08. The highest BCUT2D eigenvalue weighted by molar-refractivity contribution is 5.71. The normalized spacial score (nSPS) is 12.8. The lowest BCUT2D eigenvalue weighted by molar-refractivity contribution is -0.167. The largest absolute Gasteiger partial charge is 0.462 e. The molecule has 0 aliphatic carbocycles. The first-order valence-electron chi connectivity index (χ1n) is 29.7. The van der Waals surface area contributed by atoms with Gasteiger partial charge in [0.15, 0.2) is 6.10 Å². The molecule has 0 saturated heterocycles. The zero-order valence-corrected chi connectivity index (χ0v) is 46.5. The minimum atomic E-state index is -0.795. The molecule has 406 valence electrons. The van der Waals surface area contributed by atoms with Crippen LogP contribution in [0.3, 0.4) is 0 Å². The van der Waals surface area contributed by atoms with Crippen molar-refractivity contribution in [2.24, 2.45) is 0 Å². The molecule has 0 aromatic heterocycles. The van der Waals surface area contributed by atoms with Crippen LogP contribution in [0.5, 0.6) is 0 Å². The predicted molar refractivity (Wildman–Crippen MR) is 307 cm³/mol. The van der Waals surface area contributed by atoms with Crippen LogP contribution in [0.15, 0.2) is 97.2 Å². The minimum Gasteiger partial charge on any atom is -0.462 e. The van der Waals surface area contributed by atoms with Crippen LogP contribution in [0.1, 0.15) is 278 Å². The Morgan fingerprint density at radius 3 is 0.859 bits per heavy atom. The molecule has 0 saturated carbocycles. The molecule has 0 bridgehead atoms. The first-order valence-corrected chi connectivity index (χ1v) is 29.7. The molecule has 0 aliphatic heterocycles. The van der Waals surface area contributed by atoms with E-state index in [0.717, 1.165) is 122 Å². The first kappa shape index (κ1) is 67.3. The van der Waals surface area contributed by atoms with Gasteiger partial charge in [-0.3, -0.25) is 14.4 Å². The van der Waals surface area contributed by atoms with Crippen LogP contribution in [-0.4, -0.2) is 37.2 Å². The van der Waals surface area contributed by atoms with Crippen LogP contribution < -0.4 is 0 Å². The van der Waals surface area contributed by atoms with Gasteiger partial charge >= 0.3 is 17.9 Å². The van der Waals surface area contributed by atoms with Crippen LogP contribution in [0, 0.1) is 0 Å². The van der Waals surface area contributed by atoms with Gasteiger partial charge in [0, 0.05) is 19.3 Å². The van der Waals surface area contributed by atoms with Gasteiger partial charge < -0.3 is 14.2 Å². The molecule has 6 heteroatoms. The van der Waals surface area contributed by atoms with Gasteiger partial charge in [0.1, 0.15) is 13.2 Å². The standard InChI is InChI=1S/C65H110O6/c1-4-7-10-13-16-19-22-25-28-30-32-34-37-40-43-46-49-52-55-58-64(67)70-61-62(60-69-63(66)57-54-51-48-45-42-39-36-27-24-21-18-15-12-9-6-3)71-65(68)59-56-53-50-47-44-41-38-35-33-31-29-26-23-20-17-14-11-8-5-2/h9,12,16-21,25-29,32,34,36,62H,4-8,10-11,13-15,22-24,30-31,33,35,37-61H2,1-3H3/b12-9-,19-16-,20-17-,21-18-,28-25-,29-26-,34-32-,36-27-. The number of hydrogen-bond donors (Lipinski definition) is 0. The van der Waals surface area contributed by atoms with Crippen LogP contribution in [0.25, 0.3) is 0 Å². The lowest BCUT2D eigenvalue weighted by Crippen LogP contribution is -2.30. The summed E-state index contributed by atoms with van der Waals surface area (Å²) in [4.78, 5) is 38.2. The molecule has 0 amide bonds. The number of carbonyl (C=O) groups is 3. The number of hydrogen-bond acceptors (Lipinski definition) is 6. The maximum atomic E-state index is 12.9. The van der Waals surface area contributed by atoms with Crippen molar-refractivity contribution in [1.29, 1.82) is 0 Å². The lowest BCUT2D eigenvalue weighted by atomic mass is 10.1. The second-order valence-electron chi connectivity index (χ2n) is 19.5. The van der Waals surface area contributed by atoms with E-state index in [4.69, 9.17) is 14.2 Å². The quantitative estimate of drug-likeness (QED) is 0.0261. The van der Waals surface area contributed by atoms with E-state index in [1.165, 1.54) is 116 Å². The van der Waals surface area contributed by atoms with Crippen molar-refractivity contribution in [1.82, 2.24) is 0 Å². The Morgan fingerprint density at radius 2 is 0.549 bits per heavy atom. The molecular formula is C65H110O6. The topological polar surface area (TPSA) is 78.9 Å². The molecule has 0 N–H and O–H groups in total. The van der Waals surface area contributed by atoms with Gasteiger partial charge in [-0.1, -0.05) is 234 Å². The fraction of sp³-hybridized carbons (Fsp3) is 0.708. The number of unbranched alkanes of at least 4 members (excludes halogenated alkanes) is 26. The van der Waals surface area contributed by atoms with Gasteiger partial charge in [-0.25, -0.2) is 0 Å². The highest BCUT2D eigenvalue weighted by Crippen LogP contribution is 2.15. The highest BCUT2D eigenvalue weighted by atomic mass is 16.6. The van der Waals surface area contributed by atoms with E-state index in [-0.39, 0.29) is 31.1 Å². The number of rotatable bonds is 53. The minimum absolute atomic E-state index is 0.0921. The third-order valence-electron chi connectivity index (χ3n) is 12.5. The number of allylic oxidation sites excluding steroid dienone is 16. The summed E-state index contributed by atoms with van der Waals surface area (Å²) in [6.07, 6.45) is 78.2. The van der Waals surface area contributed by atoms with Gasteiger partial charge in [0.25, 0.3) is 0 Å². The van der Waals surface area contributed by atoms with Crippen LogP contribution in [0.2, 0.25) is 0 Å². The molecule has 0 aliphatic rings. The smallest absolute Gasteiger partial charge is 0.306 e. The Labute approximate surface area is 438 Å². The Balaban J connectivity index is 4.44. The molecule has 0 aromatic carbocycles. The van der Waals surface area contributed by atoms with Crippen LogP contribution >= 0.6 is 0 Å². The molecule has 71 heavy (non-hydrogen) atoms. The van der Waals surface area contributed by atoms with Gasteiger partial charge in [0.2, 0.25) is 0 Å². The van der Waals surface area contributed by atoms with E-state index in [9.17, 15) is 14.4 Å². The van der Waals surface area contributed by atoms with Gasteiger partial charge in [-0.2, -0.15) is 0 Å². The predicted octanol–water partition coefficient (Wildman–Crippen LogP) is 20.1. The molecule has 1 unspecified atom stereocenters. The van der Waals surface area contributed by atoms with Crippen molar-refractivity contribution in [2.45, 2.75) is 284 Å². The summed E-state index contributed by atoms with van der Waals surface area (Å²) in [5, 5.41) is 0. The molecule has 0 radical (unpaired) electrons. The van der Waals surface area contributed by atoms with E-state index in [0.29, 0.717) is 19.3 Å². The number of ether oxygens (including phenoxy) is 3. The van der Waals surface area contributed by atoms with Crippen molar-refractivity contribution < 1.29 is 28.6 Å². The van der Waals surface area contributed by atoms with E-state index in [1.54, 1.807) is 0 Å². The lowest BCUT2D eigenvalue weighted by Gasteiger charge is -2.18. The number of esters is 3. The average molecular weight is 988 g/mol. The summed E-state index contributed by atoms with van der Waals surface area (Å²) in [5.74, 6) is -0.920. The van der Waals surface area contributed by atoms with E-state index in [1.807, 2.05) is 0 Å². The van der Waals surface area contributed by atoms with E-state index in [2.05, 4.69) is 118 Å². The summed E-state index contributed by atoms with van der Waals surface area (Å²) in [7, 11) is 0. The Kier molecular flexibility index (Phi) is 55.9. The fourth-order valence-electron chi connectivity index (χ4n) is 8.08. The van der Waals surface area contributed by atoms with Crippen LogP contribution in [-0.2, 0) is 28.6 Å². The molecule has 0 spiro atoms. The zero-order valence-electron chi connectivity index (χ0n) is 46.5. The number of carbonyl (C=O) groups excluding carboxylic acids is 3. The summed E-state index contributed by atoms with van der Waals surface area (Å²) < 4.78 is 16.9. The van der Waals surface area contributed by atoms with E-state index >= 15 is 0 Å². The highest BCUT2D eigenvalue weighted by Gasteiger charge is 2.19. The van der Waals surface area contributed by atoms with Crippen molar-refractivity contribution in [3.05, 3.63) is 97.2 Å². The molecule has 1 atom stereocenters. The van der Waals surface area contributed by atoms with Crippen molar-refractivity contribution in [2.75, 3.05) is 13.2 Å². The third-order valence-corrected chi connectivity index (χ3v) is 12.5. The maximum Gasteiger partial charge on any atom is 0.306 e. The Hall–Kier alpha value is -3.67. The Morgan fingerprint density at radius 1 is 0.296 bits per heavy atom. The molecular weight excluding hydrogens is 877 g/mol. The summed E-state index contributed by atoms with van der Waals surface area (Å²) in [6.45, 7) is 6.46.